The van der Waals surface area contributed by atoms with Gasteiger partial charge in [-0.1, -0.05) is 104 Å². The van der Waals surface area contributed by atoms with E-state index in [0.29, 0.717) is 0 Å². The average molecular weight is 321 g/mol. The third-order valence-electron chi connectivity index (χ3n) is 4.43. The fourth-order valence-electron chi connectivity index (χ4n) is 3.74. The largest absolute Gasteiger partial charge is 0.0683 e. The summed E-state index contributed by atoms with van der Waals surface area (Å²) >= 11 is 0. The fraction of sp³-hybridized carbons (Fsp3) is 0.417. The zero-order chi connectivity index (χ0) is 18.1. The zero-order valence-corrected chi connectivity index (χ0v) is 16.6. The number of fused-ring (bicyclic) bond motifs is 2. The van der Waals surface area contributed by atoms with E-state index in [4.69, 9.17) is 0 Å². The molecule has 3 aromatic rings. The van der Waals surface area contributed by atoms with E-state index < -0.39 is 0 Å². The van der Waals surface area contributed by atoms with Crippen molar-refractivity contribution in [3.8, 4) is 0 Å². The molecule has 0 saturated heterocycles. The Labute approximate surface area is 147 Å². The highest BCUT2D eigenvalue weighted by molar-refractivity contribution is 6.07. The van der Waals surface area contributed by atoms with Gasteiger partial charge in [-0.3, -0.25) is 0 Å². The predicted octanol–water partition coefficient (Wildman–Crippen LogP) is 7.61. The van der Waals surface area contributed by atoms with Crippen molar-refractivity contribution in [3.63, 3.8) is 0 Å². The van der Waals surface area contributed by atoms with Crippen molar-refractivity contribution in [1.82, 2.24) is 0 Å². The maximum absolute atomic E-state index is 2.32. The van der Waals surface area contributed by atoms with Crippen LogP contribution in [0.5, 0.6) is 0 Å². The lowest BCUT2D eigenvalue weighted by molar-refractivity contribution is 0.593. The molecular formula is C24H32. The second-order valence-corrected chi connectivity index (χ2v) is 8.34. The van der Waals surface area contributed by atoms with Gasteiger partial charge in [-0.05, 0) is 43.5 Å². The van der Waals surface area contributed by atoms with Crippen LogP contribution in [0.15, 0.2) is 48.5 Å². The molecule has 0 unspecified atom stereocenters. The Morgan fingerprint density at radius 2 is 0.667 bits per heavy atom. The van der Waals surface area contributed by atoms with Crippen molar-refractivity contribution < 1.29 is 0 Å². The highest BCUT2D eigenvalue weighted by Gasteiger charge is 2.26. The molecule has 0 bridgehead atoms. The van der Waals surface area contributed by atoms with Crippen molar-refractivity contribution in [2.75, 3.05) is 0 Å². The molecule has 24 heavy (non-hydrogen) atoms. The molecule has 0 saturated carbocycles. The van der Waals surface area contributed by atoms with Gasteiger partial charge in [0.1, 0.15) is 0 Å². The van der Waals surface area contributed by atoms with Gasteiger partial charge in [0.2, 0.25) is 0 Å². The van der Waals surface area contributed by atoms with Gasteiger partial charge >= 0.3 is 0 Å². The molecular weight excluding hydrogens is 288 g/mol. The third-order valence-corrected chi connectivity index (χ3v) is 4.43. The van der Waals surface area contributed by atoms with Crippen molar-refractivity contribution in [3.05, 3.63) is 59.7 Å². The van der Waals surface area contributed by atoms with Crippen molar-refractivity contribution in [2.45, 2.75) is 66.2 Å². The van der Waals surface area contributed by atoms with Gasteiger partial charge in [-0.15, -0.1) is 0 Å². The monoisotopic (exact) mass is 320 g/mol. The normalized spacial score (nSPS) is 12.2. The standard InChI is InChI=1S/C22H26.C2H6/c1-21(2,3)19-15-11-7-9-13-17(15)20(22(4,5)6)18-14-10-8-12-16(18)19;1-2/h7-14H,1-6H3;1-2H3. The molecule has 0 atom stereocenters. The van der Waals surface area contributed by atoms with Gasteiger partial charge < -0.3 is 0 Å². The lowest BCUT2D eigenvalue weighted by Gasteiger charge is -2.30. The minimum absolute atomic E-state index is 0.121. The molecule has 0 nitrogen and oxygen atoms in total. The van der Waals surface area contributed by atoms with Gasteiger partial charge in [0, 0.05) is 0 Å². The minimum Gasteiger partial charge on any atom is -0.0683 e. The van der Waals surface area contributed by atoms with E-state index in [9.17, 15) is 0 Å². The molecule has 0 amide bonds. The van der Waals surface area contributed by atoms with Gasteiger partial charge in [0.15, 0.2) is 0 Å². The molecule has 0 fully saturated rings. The Bertz CT molecular complexity index is 710. The molecule has 0 N–H and O–H groups in total. The maximum atomic E-state index is 2.32. The molecule has 3 rings (SSSR count). The highest BCUT2D eigenvalue weighted by atomic mass is 14.3. The topological polar surface area (TPSA) is 0 Å². The molecule has 0 aliphatic heterocycles. The number of benzene rings is 3. The van der Waals surface area contributed by atoms with E-state index in [0.717, 1.165) is 0 Å². The van der Waals surface area contributed by atoms with Crippen molar-refractivity contribution >= 4 is 21.5 Å². The van der Waals surface area contributed by atoms with Crippen LogP contribution in [-0.4, -0.2) is 0 Å². The predicted molar refractivity (Wildman–Crippen MR) is 110 cm³/mol. The molecule has 0 radical (unpaired) electrons. The van der Waals surface area contributed by atoms with Crippen LogP contribution in [0.25, 0.3) is 21.5 Å². The second kappa shape index (κ2) is 6.59. The Morgan fingerprint density at radius 1 is 0.458 bits per heavy atom. The van der Waals surface area contributed by atoms with E-state index in [1.54, 1.807) is 0 Å². The molecule has 128 valence electrons. The summed E-state index contributed by atoms with van der Waals surface area (Å²) in [6.45, 7) is 17.9. The summed E-state index contributed by atoms with van der Waals surface area (Å²) in [6.07, 6.45) is 0. The quantitative estimate of drug-likeness (QED) is 0.374. The van der Waals surface area contributed by atoms with Crippen LogP contribution >= 0.6 is 0 Å². The molecule has 0 heteroatoms. The minimum atomic E-state index is 0.121. The molecule has 0 aromatic heterocycles. The summed E-state index contributed by atoms with van der Waals surface area (Å²) < 4.78 is 0. The molecule has 0 spiro atoms. The van der Waals surface area contributed by atoms with Gasteiger partial charge in [0.25, 0.3) is 0 Å². The summed E-state index contributed by atoms with van der Waals surface area (Å²) in [4.78, 5) is 0. The Balaban J connectivity index is 0.00000100. The van der Waals surface area contributed by atoms with E-state index >= 15 is 0 Å². The van der Waals surface area contributed by atoms with Crippen molar-refractivity contribution in [1.29, 1.82) is 0 Å². The number of hydrogen-bond donors (Lipinski definition) is 0. The first-order valence-electron chi connectivity index (χ1n) is 9.15. The van der Waals surface area contributed by atoms with Crippen LogP contribution < -0.4 is 0 Å². The van der Waals surface area contributed by atoms with Gasteiger partial charge in [-0.25, -0.2) is 0 Å². The van der Waals surface area contributed by atoms with E-state index in [1.807, 2.05) is 13.8 Å². The third kappa shape index (κ3) is 3.20. The van der Waals surface area contributed by atoms with Crippen LogP contribution in [0.4, 0.5) is 0 Å². The van der Waals surface area contributed by atoms with Gasteiger partial charge in [-0.2, -0.15) is 0 Å². The smallest absolute Gasteiger partial charge is 0.0120 e. The zero-order valence-electron chi connectivity index (χ0n) is 16.6. The average Bonchev–Trinajstić information content (AvgIpc) is 2.51. The summed E-state index contributed by atoms with van der Waals surface area (Å²) in [5.74, 6) is 0. The molecule has 0 aliphatic carbocycles. The fourth-order valence-corrected chi connectivity index (χ4v) is 3.74. The first-order chi connectivity index (χ1) is 11.2. The second-order valence-electron chi connectivity index (χ2n) is 8.34. The first kappa shape index (κ1) is 18.5. The van der Waals surface area contributed by atoms with Crippen LogP contribution in [0.3, 0.4) is 0 Å². The molecule has 3 aromatic carbocycles. The SMILES string of the molecule is CC.CC(C)(C)c1c2ccccc2c(C(C)(C)C)c2ccccc12. The van der Waals surface area contributed by atoms with E-state index in [-0.39, 0.29) is 10.8 Å². The lowest BCUT2D eigenvalue weighted by atomic mass is 9.74. The van der Waals surface area contributed by atoms with Crippen LogP contribution in [0.2, 0.25) is 0 Å². The Morgan fingerprint density at radius 3 is 0.833 bits per heavy atom. The van der Waals surface area contributed by atoms with Crippen LogP contribution in [0.1, 0.15) is 66.5 Å². The summed E-state index contributed by atoms with van der Waals surface area (Å²) in [6, 6.07) is 17.8. The Hall–Kier alpha value is -1.82. The van der Waals surface area contributed by atoms with Crippen molar-refractivity contribution in [2.24, 2.45) is 0 Å². The summed E-state index contributed by atoms with van der Waals surface area (Å²) in [7, 11) is 0. The lowest BCUT2D eigenvalue weighted by Crippen LogP contribution is -2.17. The first-order valence-corrected chi connectivity index (χ1v) is 9.15. The van der Waals surface area contributed by atoms with Crippen LogP contribution in [-0.2, 0) is 10.8 Å². The van der Waals surface area contributed by atoms with E-state index in [2.05, 4.69) is 90.1 Å². The van der Waals surface area contributed by atoms with E-state index in [1.165, 1.54) is 32.7 Å². The highest BCUT2D eigenvalue weighted by Crippen LogP contribution is 2.43. The van der Waals surface area contributed by atoms with Gasteiger partial charge in [0.05, 0.1) is 0 Å². The number of hydrogen-bond acceptors (Lipinski definition) is 0. The summed E-state index contributed by atoms with van der Waals surface area (Å²) in [5, 5.41) is 5.61. The Kier molecular flexibility index (Phi) is 5.08. The number of rotatable bonds is 0. The molecule has 0 aliphatic rings. The van der Waals surface area contributed by atoms with Crippen LogP contribution in [0, 0.1) is 0 Å². The summed E-state index contributed by atoms with van der Waals surface area (Å²) in [5.41, 5.74) is 3.17. The maximum Gasteiger partial charge on any atom is -0.0120 e. The molecule has 0 heterocycles.